The minimum atomic E-state index is 0. The van der Waals surface area contributed by atoms with Gasteiger partial charge in [0.05, 0.1) is 12.4 Å². The molecule has 0 aromatic carbocycles. The Bertz CT molecular complexity index is 577. The summed E-state index contributed by atoms with van der Waals surface area (Å²) in [7, 11) is 0. The smallest absolute Gasteiger partial charge is 0.194 e. The van der Waals surface area contributed by atoms with Crippen molar-refractivity contribution in [3.63, 3.8) is 0 Å². The number of halogens is 1. The second-order valence-corrected chi connectivity index (χ2v) is 8.10. The molecule has 1 aromatic heterocycles. The predicted molar refractivity (Wildman–Crippen MR) is 112 cm³/mol. The summed E-state index contributed by atoms with van der Waals surface area (Å²) < 4.78 is 2.27. The maximum atomic E-state index is 5.08. The first kappa shape index (κ1) is 19.0. The Labute approximate surface area is 168 Å². The molecule has 6 heteroatoms. The lowest BCUT2D eigenvalue weighted by molar-refractivity contribution is 0.188. The van der Waals surface area contributed by atoms with Crippen LogP contribution >= 0.6 is 24.0 Å². The van der Waals surface area contributed by atoms with E-state index in [1.807, 2.05) is 12.5 Å². The number of hydrogen-bond donors (Lipinski definition) is 1. The van der Waals surface area contributed by atoms with Crippen LogP contribution in [0.2, 0.25) is 0 Å². The first-order chi connectivity index (χ1) is 11.7. The molecule has 1 aromatic rings. The van der Waals surface area contributed by atoms with Crippen molar-refractivity contribution in [1.29, 1.82) is 0 Å². The number of imidazole rings is 1. The van der Waals surface area contributed by atoms with Crippen LogP contribution in [0.15, 0.2) is 23.7 Å². The van der Waals surface area contributed by atoms with E-state index in [2.05, 4.69) is 39.8 Å². The molecule has 2 unspecified atom stereocenters. The Balaban J connectivity index is 0.00000182. The van der Waals surface area contributed by atoms with Gasteiger partial charge in [0.15, 0.2) is 5.96 Å². The fourth-order valence-electron chi connectivity index (χ4n) is 4.30. The van der Waals surface area contributed by atoms with E-state index in [0.29, 0.717) is 17.4 Å². The Morgan fingerprint density at radius 3 is 2.72 bits per heavy atom. The monoisotopic (exact) mass is 457 g/mol. The van der Waals surface area contributed by atoms with Gasteiger partial charge >= 0.3 is 0 Å². The van der Waals surface area contributed by atoms with Crippen LogP contribution in [0.4, 0.5) is 0 Å². The molecule has 2 atom stereocenters. The van der Waals surface area contributed by atoms with Crippen molar-refractivity contribution in [2.24, 2.45) is 22.2 Å². The minimum absolute atomic E-state index is 0. The van der Waals surface area contributed by atoms with Crippen LogP contribution in [0.1, 0.15) is 52.0 Å². The standard InChI is InChI=1S/C19H31N5.HI/c1-3-21-18(22-13-19(7-8-19)16-4-5-16)23-10-6-15(2)17(12-23)24-11-9-20-14-24;/h9,11,14-17H,3-8,10,12-13H2,1-2H3,(H,21,22);1H. The summed E-state index contributed by atoms with van der Waals surface area (Å²) in [6.07, 6.45) is 12.8. The van der Waals surface area contributed by atoms with Gasteiger partial charge in [-0.2, -0.15) is 0 Å². The van der Waals surface area contributed by atoms with E-state index in [1.165, 1.54) is 32.1 Å². The molecular formula is C19H32IN5. The molecule has 2 aliphatic carbocycles. The van der Waals surface area contributed by atoms with Crippen molar-refractivity contribution < 1.29 is 0 Å². The molecule has 2 saturated carbocycles. The van der Waals surface area contributed by atoms with E-state index in [4.69, 9.17) is 4.99 Å². The van der Waals surface area contributed by atoms with Crippen molar-refractivity contribution in [2.75, 3.05) is 26.2 Å². The molecule has 0 radical (unpaired) electrons. The molecule has 3 aliphatic rings. The molecule has 0 spiro atoms. The number of aromatic nitrogens is 2. The summed E-state index contributed by atoms with van der Waals surface area (Å²) in [5, 5.41) is 3.54. The molecule has 0 amide bonds. The van der Waals surface area contributed by atoms with Crippen molar-refractivity contribution in [3.8, 4) is 0 Å². The SMILES string of the molecule is CCNC(=NCC1(C2CC2)CC1)N1CCC(C)C(n2ccnc2)C1.I. The quantitative estimate of drug-likeness (QED) is 0.418. The lowest BCUT2D eigenvalue weighted by Crippen LogP contribution is -2.49. The van der Waals surface area contributed by atoms with Crippen LogP contribution < -0.4 is 5.32 Å². The first-order valence-corrected chi connectivity index (χ1v) is 9.72. The molecular weight excluding hydrogens is 425 g/mol. The van der Waals surface area contributed by atoms with Crippen molar-refractivity contribution >= 4 is 29.9 Å². The lowest BCUT2D eigenvalue weighted by Gasteiger charge is -2.39. The van der Waals surface area contributed by atoms with Crippen LogP contribution in [0.5, 0.6) is 0 Å². The summed E-state index contributed by atoms with van der Waals surface area (Å²) in [4.78, 5) is 11.8. The third kappa shape index (κ3) is 4.14. The average molecular weight is 457 g/mol. The van der Waals surface area contributed by atoms with E-state index in [1.54, 1.807) is 0 Å². The van der Waals surface area contributed by atoms with Crippen molar-refractivity contribution in [3.05, 3.63) is 18.7 Å². The number of hydrogen-bond acceptors (Lipinski definition) is 2. The molecule has 1 saturated heterocycles. The number of aliphatic imine (C=N–C) groups is 1. The number of rotatable bonds is 5. The van der Waals surface area contributed by atoms with Crippen LogP contribution in [0.25, 0.3) is 0 Å². The number of piperidine rings is 1. The van der Waals surface area contributed by atoms with E-state index >= 15 is 0 Å². The van der Waals surface area contributed by atoms with E-state index < -0.39 is 0 Å². The average Bonchev–Trinajstić information content (AvgIpc) is 3.51. The number of nitrogens with zero attached hydrogens (tertiary/aromatic N) is 4. The lowest BCUT2D eigenvalue weighted by atomic mass is 9.93. The van der Waals surface area contributed by atoms with Crippen LogP contribution in [0, 0.1) is 17.3 Å². The first-order valence-electron chi connectivity index (χ1n) is 9.72. The maximum Gasteiger partial charge on any atom is 0.194 e. The molecule has 1 aliphatic heterocycles. The van der Waals surface area contributed by atoms with Gasteiger partial charge in [0, 0.05) is 38.6 Å². The van der Waals surface area contributed by atoms with Crippen LogP contribution in [-0.4, -0.2) is 46.6 Å². The Kier molecular flexibility index (Phi) is 5.96. The molecule has 25 heavy (non-hydrogen) atoms. The Hall–Kier alpha value is -0.790. The Morgan fingerprint density at radius 2 is 2.12 bits per heavy atom. The molecule has 1 N–H and O–H groups in total. The van der Waals surface area contributed by atoms with Gasteiger partial charge in [-0.3, -0.25) is 4.99 Å². The highest BCUT2D eigenvalue weighted by Crippen LogP contribution is 2.61. The summed E-state index contributed by atoms with van der Waals surface area (Å²) in [6, 6.07) is 0.489. The normalized spacial score (nSPS) is 28.4. The summed E-state index contributed by atoms with van der Waals surface area (Å²) in [5.41, 5.74) is 0.577. The fraction of sp³-hybridized carbons (Fsp3) is 0.789. The van der Waals surface area contributed by atoms with Gasteiger partial charge in [-0.25, -0.2) is 4.98 Å². The summed E-state index contributed by atoms with van der Waals surface area (Å²) >= 11 is 0. The molecule has 0 bridgehead atoms. The van der Waals surface area contributed by atoms with E-state index in [-0.39, 0.29) is 24.0 Å². The van der Waals surface area contributed by atoms with Gasteiger partial charge in [-0.05, 0) is 56.3 Å². The van der Waals surface area contributed by atoms with E-state index in [9.17, 15) is 0 Å². The van der Waals surface area contributed by atoms with Gasteiger partial charge < -0.3 is 14.8 Å². The van der Waals surface area contributed by atoms with Gasteiger partial charge in [0.25, 0.3) is 0 Å². The number of nitrogens with one attached hydrogen (secondary N) is 1. The van der Waals surface area contributed by atoms with Crippen LogP contribution in [0.3, 0.4) is 0 Å². The highest BCUT2D eigenvalue weighted by molar-refractivity contribution is 14.0. The van der Waals surface area contributed by atoms with Gasteiger partial charge in [-0.15, -0.1) is 24.0 Å². The summed E-state index contributed by atoms with van der Waals surface area (Å²) in [5.74, 6) is 2.78. The fourth-order valence-corrected chi connectivity index (χ4v) is 4.30. The minimum Gasteiger partial charge on any atom is -0.357 e. The molecule has 2 heterocycles. The highest BCUT2D eigenvalue weighted by atomic mass is 127. The van der Waals surface area contributed by atoms with Gasteiger partial charge in [0.2, 0.25) is 0 Å². The zero-order valence-corrected chi connectivity index (χ0v) is 17.9. The molecule has 140 valence electrons. The van der Waals surface area contributed by atoms with Crippen LogP contribution in [-0.2, 0) is 0 Å². The zero-order chi connectivity index (χ0) is 16.6. The van der Waals surface area contributed by atoms with Gasteiger partial charge in [-0.1, -0.05) is 6.92 Å². The zero-order valence-electron chi connectivity index (χ0n) is 15.5. The van der Waals surface area contributed by atoms with E-state index in [0.717, 1.165) is 38.1 Å². The number of guanidine groups is 1. The highest BCUT2D eigenvalue weighted by Gasteiger charge is 2.53. The van der Waals surface area contributed by atoms with Crippen molar-refractivity contribution in [1.82, 2.24) is 19.8 Å². The second-order valence-electron chi connectivity index (χ2n) is 8.10. The molecule has 4 rings (SSSR count). The largest absolute Gasteiger partial charge is 0.357 e. The third-order valence-electron chi connectivity index (χ3n) is 6.34. The Morgan fingerprint density at radius 1 is 1.32 bits per heavy atom. The second kappa shape index (κ2) is 7.84. The third-order valence-corrected chi connectivity index (χ3v) is 6.34. The molecule has 3 fully saturated rings. The molecule has 5 nitrogen and oxygen atoms in total. The number of likely N-dealkylation sites (tertiary alicyclic amines) is 1. The van der Waals surface area contributed by atoms with Gasteiger partial charge in [0.1, 0.15) is 0 Å². The maximum absolute atomic E-state index is 5.08. The van der Waals surface area contributed by atoms with Crippen molar-refractivity contribution in [2.45, 2.75) is 52.0 Å². The summed E-state index contributed by atoms with van der Waals surface area (Å²) in [6.45, 7) is 8.63. The predicted octanol–water partition coefficient (Wildman–Crippen LogP) is 3.54. The topological polar surface area (TPSA) is 45.5 Å².